The Bertz CT molecular complexity index is 3690. The molecule has 0 fully saturated rings. The van der Waals surface area contributed by atoms with Crippen molar-refractivity contribution in [1.29, 1.82) is 0 Å². The fraction of sp³-hybridized carbons (Fsp3) is 0. The number of fused-ring (bicyclic) bond motifs is 14. The SMILES string of the molecule is O=[N+]([O-])c1ccc2c(c1)C1=NC2=Nc2c3cc([N+](=O)[O-])ccc3c3[n]2[Al]([O]P(=O)(O)c2ccccc2)[n]2c(c4ccc([N+](=O)[O-])cc4c2=NC2=NC(=N3)c3cc([N+](=O)[O-])ccc32)=N1. The van der Waals surface area contributed by atoms with E-state index < -0.39 is 42.2 Å². The van der Waals surface area contributed by atoms with E-state index in [9.17, 15) is 49.9 Å². The summed E-state index contributed by atoms with van der Waals surface area (Å²) in [4.78, 5) is 87.5. The second-order valence-corrected chi connectivity index (χ2v) is 18.3. The smallest absolute Gasteiger partial charge is 0.392 e. The van der Waals surface area contributed by atoms with Gasteiger partial charge in [-0.1, -0.05) is 18.2 Å². The predicted molar refractivity (Wildman–Crippen MR) is 225 cm³/mol. The number of nitro groups is 4. The van der Waals surface area contributed by atoms with Gasteiger partial charge >= 0.3 is 22.5 Å². The fourth-order valence-corrected chi connectivity index (χ4v) is 12.6. The Balaban J connectivity index is 1.40. The molecule has 0 spiro atoms. The molecule has 6 heterocycles. The highest BCUT2D eigenvalue weighted by Gasteiger charge is 2.47. The number of non-ortho nitro benzene ring substituents is 4. The van der Waals surface area contributed by atoms with E-state index in [0.717, 1.165) is 0 Å². The third kappa shape index (κ3) is 5.71. The Morgan fingerprint density at radius 1 is 0.492 bits per heavy atom. The summed E-state index contributed by atoms with van der Waals surface area (Å²) in [6, 6.07) is 22.8. The first-order chi connectivity index (χ1) is 30.3. The molecule has 2 aromatic heterocycles. The molecule has 7 aromatic rings. The van der Waals surface area contributed by atoms with Crippen molar-refractivity contribution in [3.63, 3.8) is 0 Å². The number of rotatable bonds is 7. The molecule has 1 atom stereocenters. The third-order valence-electron chi connectivity index (χ3n) is 10.7. The molecule has 4 aliphatic heterocycles. The Morgan fingerprint density at radius 2 is 0.937 bits per heavy atom. The van der Waals surface area contributed by atoms with Gasteiger partial charge in [0.15, 0.2) is 23.3 Å². The van der Waals surface area contributed by atoms with E-state index in [0.29, 0.717) is 0 Å². The van der Waals surface area contributed by atoms with Crippen molar-refractivity contribution in [2.24, 2.45) is 30.0 Å². The first-order valence-electron chi connectivity index (χ1n) is 18.3. The summed E-state index contributed by atoms with van der Waals surface area (Å²) in [6.45, 7) is 0. The van der Waals surface area contributed by atoms with Crippen LogP contribution in [0, 0.1) is 40.5 Å². The van der Waals surface area contributed by atoms with Crippen LogP contribution in [-0.4, -0.2) is 70.0 Å². The average molecular weight is 877 g/mol. The number of hydrogen-bond acceptors (Lipinski definition) is 16. The maximum atomic E-state index is 14.8. The first-order valence-corrected chi connectivity index (χ1v) is 21.4. The van der Waals surface area contributed by atoms with Gasteiger partial charge in [-0.2, -0.15) is 0 Å². The molecule has 25 heteroatoms. The zero-order chi connectivity index (χ0) is 43.6. The van der Waals surface area contributed by atoms with Gasteiger partial charge in [0.25, 0.3) is 22.7 Å². The summed E-state index contributed by atoms with van der Waals surface area (Å²) in [7, 11) is -4.94. The molecule has 1 N–H and O–H groups in total. The molecule has 63 heavy (non-hydrogen) atoms. The van der Waals surface area contributed by atoms with Crippen LogP contribution in [-0.2, 0) is 8.14 Å². The summed E-state index contributed by atoms with van der Waals surface area (Å²) in [5, 5.41) is 49.2. The lowest BCUT2D eigenvalue weighted by Crippen LogP contribution is -2.48. The highest BCUT2D eigenvalue weighted by Crippen LogP contribution is 2.47. The topological polar surface area (TPSA) is 303 Å². The zero-order valence-corrected chi connectivity index (χ0v) is 33.3. The van der Waals surface area contributed by atoms with Crippen LogP contribution in [0.1, 0.15) is 22.3 Å². The second-order valence-electron chi connectivity index (χ2n) is 14.2. The molecule has 1 unspecified atom stereocenters. The molecular formula is C38H18AlN12O11P. The minimum absolute atomic E-state index is 0.0629. The van der Waals surface area contributed by atoms with Crippen molar-refractivity contribution < 1.29 is 32.7 Å². The minimum Gasteiger partial charge on any atom is -0.392 e. The number of aliphatic imine (C=N–C) groups is 4. The van der Waals surface area contributed by atoms with Crippen molar-refractivity contribution in [3.05, 3.63) is 177 Å². The molecule has 11 rings (SSSR count). The van der Waals surface area contributed by atoms with Gasteiger partial charge in [-0.25, -0.2) is 30.0 Å². The highest BCUT2D eigenvalue weighted by atomic mass is 31.2. The van der Waals surface area contributed by atoms with E-state index in [1.807, 2.05) is 0 Å². The number of benzene rings is 5. The van der Waals surface area contributed by atoms with Gasteiger partial charge in [-0.3, -0.25) is 45.0 Å². The van der Waals surface area contributed by atoms with Gasteiger partial charge in [-0.15, -0.1) is 0 Å². The zero-order valence-electron chi connectivity index (χ0n) is 31.2. The Kier molecular flexibility index (Phi) is 8.01. The molecule has 0 saturated carbocycles. The van der Waals surface area contributed by atoms with E-state index in [1.165, 1.54) is 104 Å². The van der Waals surface area contributed by atoms with Crippen molar-refractivity contribution >= 4 is 107 Å². The van der Waals surface area contributed by atoms with Crippen LogP contribution in [0.2, 0.25) is 0 Å². The van der Waals surface area contributed by atoms with Crippen LogP contribution >= 0.6 is 7.60 Å². The Hall–Kier alpha value is -8.26. The quantitative estimate of drug-likeness (QED) is 0.0952. The van der Waals surface area contributed by atoms with Gasteiger partial charge < -0.3 is 15.6 Å². The standard InChI is InChI=1S/C32H12N12O8.C6H7O3P.Al/c45-41(46)13-1-5-17-21(9-13)29-33-25(17)37-30-22-10-14(42(47)48)2-6-18(22)27(34-30)39-32-24-12-16(44(51)52)4-8-20(24)28(36-32)40-31-23-11-15(43(49)50)3-7-19(23)26(35-31)38-29;7-10(8,9)6-4-2-1-3-5-6;/h1-12H;1-5H,(H2,7,8,9);/q-2;;+3/p-1. The molecule has 0 saturated heterocycles. The largest absolute Gasteiger partial charge is 0.817 e. The van der Waals surface area contributed by atoms with E-state index in [2.05, 4.69) is 0 Å². The second kappa shape index (κ2) is 13.4. The minimum atomic E-state index is -4.94. The number of nitro benzene ring substituents is 4. The predicted octanol–water partition coefficient (Wildman–Crippen LogP) is 5.08. The number of amidine groups is 4. The number of hydrogen-bond donors (Lipinski definition) is 1. The van der Waals surface area contributed by atoms with Crippen molar-refractivity contribution in [2.45, 2.75) is 0 Å². The van der Waals surface area contributed by atoms with Gasteiger partial charge in [0.05, 0.1) is 25.0 Å². The summed E-state index contributed by atoms with van der Waals surface area (Å²) in [6.07, 6.45) is 0. The van der Waals surface area contributed by atoms with Crippen LogP contribution in [0.3, 0.4) is 0 Å². The molecule has 304 valence electrons. The van der Waals surface area contributed by atoms with E-state index in [4.69, 9.17) is 33.5 Å². The van der Waals surface area contributed by atoms with Gasteiger partial charge in [0, 0.05) is 92.3 Å². The molecule has 4 aliphatic rings. The van der Waals surface area contributed by atoms with Crippen LogP contribution in [0.15, 0.2) is 133 Å². The van der Waals surface area contributed by atoms with Gasteiger partial charge in [0.1, 0.15) is 22.6 Å². The summed E-state index contributed by atoms with van der Waals surface area (Å²) in [5.74, 6) is -0.555. The van der Waals surface area contributed by atoms with Gasteiger partial charge in [0.2, 0.25) is 0 Å². The van der Waals surface area contributed by atoms with Crippen molar-refractivity contribution in [1.82, 2.24) is 7.10 Å². The lowest BCUT2D eigenvalue weighted by atomic mass is 10.1. The Morgan fingerprint density at radius 3 is 1.51 bits per heavy atom. The fourth-order valence-electron chi connectivity index (χ4n) is 7.90. The number of nitrogens with zero attached hydrogens (tertiary/aromatic N) is 12. The van der Waals surface area contributed by atoms with E-state index >= 15 is 0 Å². The number of aromatic nitrogens is 2. The lowest BCUT2D eigenvalue weighted by Gasteiger charge is -2.22. The van der Waals surface area contributed by atoms with Crippen molar-refractivity contribution in [2.75, 3.05) is 0 Å². The maximum absolute atomic E-state index is 14.8. The van der Waals surface area contributed by atoms with Crippen LogP contribution < -0.4 is 16.3 Å². The molecule has 6 bridgehead atoms. The summed E-state index contributed by atoms with van der Waals surface area (Å²) >= 11 is -4.21. The Labute approximate surface area is 352 Å². The molecule has 0 radical (unpaired) electrons. The first kappa shape index (κ1) is 37.7. The average Bonchev–Trinajstić information content (AvgIpc) is 3.97. The van der Waals surface area contributed by atoms with Crippen LogP contribution in [0.5, 0.6) is 0 Å². The van der Waals surface area contributed by atoms with Gasteiger partial charge in [-0.05, 0) is 36.4 Å². The van der Waals surface area contributed by atoms with E-state index in [-0.39, 0.29) is 118 Å². The molecule has 23 nitrogen and oxygen atoms in total. The van der Waals surface area contributed by atoms with Crippen LogP contribution in [0.4, 0.5) is 34.4 Å². The molecule has 5 aromatic carbocycles. The monoisotopic (exact) mass is 876 g/mol. The van der Waals surface area contributed by atoms with E-state index in [1.54, 1.807) is 6.07 Å². The molecular weight excluding hydrogens is 858 g/mol. The highest BCUT2D eigenvalue weighted by molar-refractivity contribution is 7.62. The normalized spacial score (nSPS) is 15.2. The third-order valence-corrected chi connectivity index (χ3v) is 15.4. The van der Waals surface area contributed by atoms with Crippen LogP contribution in [0.25, 0.3) is 21.5 Å². The van der Waals surface area contributed by atoms with Crippen molar-refractivity contribution in [3.8, 4) is 0 Å². The lowest BCUT2D eigenvalue weighted by molar-refractivity contribution is -0.385. The molecule has 0 aliphatic carbocycles. The molecule has 0 amide bonds. The summed E-state index contributed by atoms with van der Waals surface area (Å²) in [5.41, 5.74) is -0.786. The maximum Gasteiger partial charge on any atom is 0.817 e. The summed E-state index contributed by atoms with van der Waals surface area (Å²) < 4.78 is 24.1.